The first-order chi connectivity index (χ1) is 7.58. The van der Waals surface area contributed by atoms with Gasteiger partial charge in [0.25, 0.3) is 5.91 Å². The number of carbonyl (C=O) groups excluding carboxylic acids is 1. The molecule has 0 unspecified atom stereocenters. The normalized spacial score (nSPS) is 17.5. The number of halogens is 2. The number of hydrogen-bond acceptors (Lipinski definition) is 2. The lowest BCUT2D eigenvalue weighted by Crippen LogP contribution is -2.21. The highest BCUT2D eigenvalue weighted by atomic mass is 35.5. The van der Waals surface area contributed by atoms with Crippen molar-refractivity contribution in [1.82, 2.24) is 10.6 Å². The fraction of sp³-hybridized carbons (Fsp3) is 0. The van der Waals surface area contributed by atoms with Crippen molar-refractivity contribution in [2.24, 2.45) is 0 Å². The maximum atomic E-state index is 11.4. The Morgan fingerprint density at radius 2 is 2.00 bits per heavy atom. The standard InChI is InChI=1S/C10H6Cl2N2OS/c11-6-3-1-2-5(8(6)12)4-7-9(15)14-10(16)13-7/h1-4H,(H2,13,14,15,16)/b7-4+. The minimum atomic E-state index is -0.277. The molecule has 0 aliphatic carbocycles. The van der Waals surface area contributed by atoms with Gasteiger partial charge < -0.3 is 5.32 Å². The van der Waals surface area contributed by atoms with Crippen molar-refractivity contribution in [3.05, 3.63) is 39.5 Å². The fourth-order valence-electron chi connectivity index (χ4n) is 1.27. The van der Waals surface area contributed by atoms with Gasteiger partial charge >= 0.3 is 0 Å². The van der Waals surface area contributed by atoms with Crippen LogP contribution in [0, 0.1) is 0 Å². The molecule has 2 rings (SSSR count). The van der Waals surface area contributed by atoms with Gasteiger partial charge in [-0.2, -0.15) is 0 Å². The van der Waals surface area contributed by atoms with Gasteiger partial charge in [0, 0.05) is 0 Å². The van der Waals surface area contributed by atoms with Crippen LogP contribution in [0.25, 0.3) is 6.08 Å². The van der Waals surface area contributed by atoms with Gasteiger partial charge in [0.1, 0.15) is 5.70 Å². The summed E-state index contributed by atoms with van der Waals surface area (Å²) in [6.45, 7) is 0. The average molecular weight is 273 g/mol. The molecule has 1 aliphatic rings. The minimum Gasteiger partial charge on any atom is -0.328 e. The van der Waals surface area contributed by atoms with E-state index in [2.05, 4.69) is 10.6 Å². The van der Waals surface area contributed by atoms with Gasteiger partial charge in [0.15, 0.2) is 5.11 Å². The first-order valence-corrected chi connectivity index (χ1v) is 5.52. The molecule has 1 heterocycles. The van der Waals surface area contributed by atoms with Crippen LogP contribution in [-0.2, 0) is 4.79 Å². The zero-order valence-electron chi connectivity index (χ0n) is 7.88. The topological polar surface area (TPSA) is 41.1 Å². The Hall–Kier alpha value is -1.10. The van der Waals surface area contributed by atoms with E-state index in [1.54, 1.807) is 24.3 Å². The summed E-state index contributed by atoms with van der Waals surface area (Å²) in [5, 5.41) is 6.32. The molecule has 0 spiro atoms. The molecule has 82 valence electrons. The van der Waals surface area contributed by atoms with Crippen LogP contribution in [0.1, 0.15) is 5.56 Å². The second kappa shape index (κ2) is 4.41. The Labute approximate surface area is 107 Å². The van der Waals surface area contributed by atoms with E-state index in [1.807, 2.05) is 0 Å². The second-order valence-corrected chi connectivity index (χ2v) is 4.30. The fourth-order valence-corrected chi connectivity index (χ4v) is 1.83. The van der Waals surface area contributed by atoms with Crippen LogP contribution in [0.4, 0.5) is 0 Å². The van der Waals surface area contributed by atoms with Gasteiger partial charge in [-0.25, -0.2) is 0 Å². The van der Waals surface area contributed by atoms with Crippen molar-refractivity contribution in [3.63, 3.8) is 0 Å². The monoisotopic (exact) mass is 272 g/mol. The first-order valence-electron chi connectivity index (χ1n) is 4.36. The van der Waals surface area contributed by atoms with E-state index in [9.17, 15) is 4.79 Å². The molecule has 16 heavy (non-hydrogen) atoms. The third-order valence-electron chi connectivity index (χ3n) is 2.00. The maximum absolute atomic E-state index is 11.4. The second-order valence-electron chi connectivity index (χ2n) is 3.11. The molecule has 6 heteroatoms. The van der Waals surface area contributed by atoms with E-state index < -0.39 is 0 Å². The smallest absolute Gasteiger partial charge is 0.273 e. The zero-order chi connectivity index (χ0) is 11.7. The number of thiocarbonyl (C=S) groups is 1. The van der Waals surface area contributed by atoms with Crippen molar-refractivity contribution < 1.29 is 4.79 Å². The Kier molecular flexibility index (Phi) is 3.14. The van der Waals surface area contributed by atoms with Crippen LogP contribution in [0.3, 0.4) is 0 Å². The number of nitrogens with one attached hydrogen (secondary N) is 2. The van der Waals surface area contributed by atoms with E-state index in [4.69, 9.17) is 35.4 Å². The van der Waals surface area contributed by atoms with Gasteiger partial charge in [-0.15, -0.1) is 0 Å². The molecule has 0 radical (unpaired) electrons. The zero-order valence-corrected chi connectivity index (χ0v) is 10.2. The van der Waals surface area contributed by atoms with E-state index in [0.29, 0.717) is 21.3 Å². The summed E-state index contributed by atoms with van der Waals surface area (Å²) in [5.74, 6) is -0.277. The highest BCUT2D eigenvalue weighted by Crippen LogP contribution is 2.27. The van der Waals surface area contributed by atoms with Crippen LogP contribution in [0.5, 0.6) is 0 Å². The summed E-state index contributed by atoms with van der Waals surface area (Å²) >= 11 is 16.6. The highest BCUT2D eigenvalue weighted by Gasteiger charge is 2.20. The van der Waals surface area contributed by atoms with Crippen LogP contribution in [0.15, 0.2) is 23.9 Å². The molecule has 1 saturated heterocycles. The molecule has 3 nitrogen and oxygen atoms in total. The van der Waals surface area contributed by atoms with Crippen LogP contribution in [0.2, 0.25) is 10.0 Å². The van der Waals surface area contributed by atoms with Crippen molar-refractivity contribution in [3.8, 4) is 0 Å². The molecule has 1 fully saturated rings. The third kappa shape index (κ3) is 2.19. The van der Waals surface area contributed by atoms with E-state index in [0.717, 1.165) is 0 Å². The van der Waals surface area contributed by atoms with Gasteiger partial charge in [0.2, 0.25) is 0 Å². The Morgan fingerprint density at radius 1 is 1.25 bits per heavy atom. The largest absolute Gasteiger partial charge is 0.328 e. The van der Waals surface area contributed by atoms with Gasteiger partial charge in [-0.1, -0.05) is 35.3 Å². The van der Waals surface area contributed by atoms with E-state index >= 15 is 0 Å². The van der Waals surface area contributed by atoms with Crippen molar-refractivity contribution >= 4 is 52.5 Å². The number of hydrogen-bond donors (Lipinski definition) is 2. The number of benzene rings is 1. The molecule has 1 amide bonds. The third-order valence-corrected chi connectivity index (χ3v) is 3.04. The molecule has 0 atom stereocenters. The summed E-state index contributed by atoms with van der Waals surface area (Å²) in [4.78, 5) is 11.4. The highest BCUT2D eigenvalue weighted by molar-refractivity contribution is 7.80. The molecular weight excluding hydrogens is 267 g/mol. The summed E-state index contributed by atoms with van der Waals surface area (Å²) in [5.41, 5.74) is 1.02. The summed E-state index contributed by atoms with van der Waals surface area (Å²) in [6, 6.07) is 5.20. The lowest BCUT2D eigenvalue weighted by Gasteiger charge is -2.01. The molecule has 1 aromatic carbocycles. The Bertz CT molecular complexity index is 514. The summed E-state index contributed by atoms with van der Waals surface area (Å²) in [6.07, 6.45) is 1.60. The quantitative estimate of drug-likeness (QED) is 0.609. The van der Waals surface area contributed by atoms with Gasteiger partial charge in [-0.05, 0) is 29.9 Å². The molecule has 0 saturated carbocycles. The molecule has 2 N–H and O–H groups in total. The lowest BCUT2D eigenvalue weighted by atomic mass is 10.2. The van der Waals surface area contributed by atoms with Crippen LogP contribution in [-0.4, -0.2) is 11.0 Å². The predicted molar refractivity (Wildman–Crippen MR) is 68.3 cm³/mol. The minimum absolute atomic E-state index is 0.277. The van der Waals surface area contributed by atoms with Crippen molar-refractivity contribution in [1.29, 1.82) is 0 Å². The molecule has 1 aromatic rings. The number of rotatable bonds is 1. The van der Waals surface area contributed by atoms with Crippen LogP contribution < -0.4 is 10.6 Å². The van der Waals surface area contributed by atoms with Crippen molar-refractivity contribution in [2.45, 2.75) is 0 Å². The van der Waals surface area contributed by atoms with E-state index in [-0.39, 0.29) is 11.0 Å². The van der Waals surface area contributed by atoms with Gasteiger partial charge in [-0.3, -0.25) is 10.1 Å². The number of carbonyl (C=O) groups is 1. The van der Waals surface area contributed by atoms with Crippen molar-refractivity contribution in [2.75, 3.05) is 0 Å². The Morgan fingerprint density at radius 3 is 2.62 bits per heavy atom. The molecular formula is C10H6Cl2N2OS. The van der Waals surface area contributed by atoms with E-state index in [1.165, 1.54) is 0 Å². The lowest BCUT2D eigenvalue weighted by molar-refractivity contribution is -0.115. The Balaban J connectivity index is 2.40. The summed E-state index contributed by atoms with van der Waals surface area (Å²) in [7, 11) is 0. The molecule has 0 bridgehead atoms. The maximum Gasteiger partial charge on any atom is 0.273 e. The molecule has 0 aromatic heterocycles. The van der Waals surface area contributed by atoms with Crippen LogP contribution >= 0.6 is 35.4 Å². The SMILES string of the molecule is O=C1NC(=S)N/C1=C/c1cccc(Cl)c1Cl. The van der Waals surface area contributed by atoms with Gasteiger partial charge in [0.05, 0.1) is 10.0 Å². The average Bonchev–Trinajstić information content (AvgIpc) is 2.53. The summed E-state index contributed by atoms with van der Waals surface area (Å²) < 4.78 is 0. The number of amides is 1. The predicted octanol–water partition coefficient (Wildman–Crippen LogP) is 2.34. The molecule has 1 aliphatic heterocycles. The first kappa shape index (κ1) is 11.4.